The van der Waals surface area contributed by atoms with E-state index in [-0.39, 0.29) is 16.5 Å². The van der Waals surface area contributed by atoms with Crippen LogP contribution in [0, 0.1) is 0 Å². The summed E-state index contributed by atoms with van der Waals surface area (Å²) >= 11 is 0. The molecule has 0 radical (unpaired) electrons. The SMILES string of the molecule is CCCCCCCCCCc1cccc(N=C(CCCC)C(CCCC)=Nc2cccc(CCCCCCCCCC)c2)c1.[Ni]. The summed E-state index contributed by atoms with van der Waals surface area (Å²) in [5, 5.41) is 0. The number of unbranched alkanes of at least 4 members (excludes halogenated alkanes) is 16. The summed E-state index contributed by atoms with van der Waals surface area (Å²) in [6, 6.07) is 18.0. The first kappa shape index (κ1) is 41.3. The monoisotopic (exact) mass is 658 g/mol. The maximum atomic E-state index is 5.30. The van der Waals surface area contributed by atoms with E-state index in [1.165, 1.54) is 138 Å². The van der Waals surface area contributed by atoms with Gasteiger partial charge in [-0.25, -0.2) is 0 Å². The number of hydrogen-bond donors (Lipinski definition) is 0. The molecule has 0 aliphatic rings. The Balaban J connectivity index is 0.0000101. The minimum Gasteiger partial charge on any atom is -0.252 e. The molecule has 0 heterocycles. The van der Waals surface area contributed by atoms with Crippen LogP contribution in [-0.4, -0.2) is 11.4 Å². The van der Waals surface area contributed by atoms with Crippen LogP contribution in [0.4, 0.5) is 11.4 Å². The normalized spacial score (nSPS) is 12.0. The maximum Gasteiger partial charge on any atom is 0.0636 e. The van der Waals surface area contributed by atoms with Crippen molar-refractivity contribution in [2.24, 2.45) is 9.98 Å². The number of nitrogens with zero attached hydrogens (tertiary/aromatic N) is 2. The standard InChI is InChI=1S/C42H68N2.Ni/c1-5-9-13-15-17-19-21-23-27-37-29-25-31-39(35-37)43-41(33-11-7-3)42(34-12-8-4)44-40-32-26-30-38(36-40)28-24-22-20-18-16-14-10-6-2;/h25-26,29-32,35-36H,5-24,27-28,33-34H2,1-4H3;. The molecule has 0 fully saturated rings. The number of hydrogen-bond acceptors (Lipinski definition) is 2. The van der Waals surface area contributed by atoms with Gasteiger partial charge in [-0.1, -0.05) is 155 Å². The van der Waals surface area contributed by atoms with Crippen LogP contribution < -0.4 is 0 Å². The summed E-state index contributed by atoms with van der Waals surface area (Å²) < 4.78 is 0. The number of benzene rings is 2. The molecule has 2 nitrogen and oxygen atoms in total. The van der Waals surface area contributed by atoms with E-state index in [2.05, 4.69) is 76.2 Å². The Kier molecular flexibility index (Phi) is 26.1. The van der Waals surface area contributed by atoms with Gasteiger partial charge in [-0.2, -0.15) is 0 Å². The Morgan fingerprint density at radius 2 is 0.756 bits per heavy atom. The van der Waals surface area contributed by atoms with E-state index >= 15 is 0 Å². The topological polar surface area (TPSA) is 24.7 Å². The van der Waals surface area contributed by atoms with Gasteiger partial charge in [0.15, 0.2) is 0 Å². The Bertz CT molecular complexity index is 957. The van der Waals surface area contributed by atoms with Gasteiger partial charge >= 0.3 is 0 Å². The Labute approximate surface area is 289 Å². The molecule has 0 bridgehead atoms. The molecule has 0 atom stereocenters. The maximum absolute atomic E-state index is 5.30. The molecule has 0 aliphatic carbocycles. The Morgan fingerprint density at radius 3 is 1.11 bits per heavy atom. The summed E-state index contributed by atoms with van der Waals surface area (Å²) in [6.45, 7) is 9.14. The predicted molar refractivity (Wildman–Crippen MR) is 199 cm³/mol. The van der Waals surface area contributed by atoms with Gasteiger partial charge in [-0.05, 0) is 86.8 Å². The van der Waals surface area contributed by atoms with Crippen LogP contribution in [0.15, 0.2) is 58.5 Å². The number of rotatable bonds is 27. The van der Waals surface area contributed by atoms with Crippen LogP contribution in [0.5, 0.6) is 0 Å². The molecule has 0 saturated heterocycles. The van der Waals surface area contributed by atoms with Crippen LogP contribution in [0.1, 0.15) is 180 Å². The van der Waals surface area contributed by atoms with Gasteiger partial charge in [-0.3, -0.25) is 9.98 Å². The van der Waals surface area contributed by atoms with Crippen LogP contribution in [0.25, 0.3) is 0 Å². The first-order valence-corrected chi connectivity index (χ1v) is 19.0. The summed E-state index contributed by atoms with van der Waals surface area (Å²) in [6.07, 6.45) is 30.8. The summed E-state index contributed by atoms with van der Waals surface area (Å²) in [4.78, 5) is 10.6. The largest absolute Gasteiger partial charge is 0.252 e. The fourth-order valence-electron chi connectivity index (χ4n) is 6.02. The minimum absolute atomic E-state index is 0. The third kappa shape index (κ3) is 20.2. The van der Waals surface area contributed by atoms with Crippen LogP contribution >= 0.6 is 0 Å². The van der Waals surface area contributed by atoms with Gasteiger partial charge in [0, 0.05) is 16.5 Å². The molecule has 45 heavy (non-hydrogen) atoms. The zero-order valence-corrected chi connectivity index (χ0v) is 30.8. The second-order valence-electron chi connectivity index (χ2n) is 13.1. The molecule has 0 amide bonds. The molecule has 2 aromatic rings. The van der Waals surface area contributed by atoms with Crippen LogP contribution in [0.2, 0.25) is 0 Å². The van der Waals surface area contributed by atoms with E-state index < -0.39 is 0 Å². The molecule has 2 aromatic carbocycles. The van der Waals surface area contributed by atoms with Crippen LogP contribution in [0.3, 0.4) is 0 Å². The van der Waals surface area contributed by atoms with E-state index in [9.17, 15) is 0 Å². The molecule has 0 aromatic heterocycles. The molecule has 0 unspecified atom stereocenters. The van der Waals surface area contributed by atoms with Crippen molar-refractivity contribution in [1.82, 2.24) is 0 Å². The van der Waals surface area contributed by atoms with Crippen molar-refractivity contribution in [3.63, 3.8) is 0 Å². The molecule has 2 rings (SSSR count). The van der Waals surface area contributed by atoms with Crippen molar-refractivity contribution in [3.05, 3.63) is 59.7 Å². The van der Waals surface area contributed by atoms with E-state index in [1.807, 2.05) is 0 Å². The third-order valence-corrected chi connectivity index (χ3v) is 8.85. The average Bonchev–Trinajstić information content (AvgIpc) is 3.04. The zero-order chi connectivity index (χ0) is 31.5. The minimum atomic E-state index is 0. The fraction of sp³-hybridized carbons (Fsp3) is 0.667. The Hall–Kier alpha value is -1.73. The summed E-state index contributed by atoms with van der Waals surface area (Å²) in [7, 11) is 0. The molecule has 256 valence electrons. The van der Waals surface area contributed by atoms with Crippen LogP contribution in [-0.2, 0) is 29.3 Å². The Morgan fingerprint density at radius 1 is 0.422 bits per heavy atom. The van der Waals surface area contributed by atoms with Gasteiger partial charge in [-0.15, -0.1) is 0 Å². The first-order chi connectivity index (χ1) is 21.7. The second-order valence-corrected chi connectivity index (χ2v) is 13.1. The van der Waals surface area contributed by atoms with Crippen molar-refractivity contribution >= 4 is 22.8 Å². The molecule has 0 spiro atoms. The average molecular weight is 660 g/mol. The second kappa shape index (κ2) is 28.5. The van der Waals surface area contributed by atoms with Crippen molar-refractivity contribution in [2.75, 3.05) is 0 Å². The molecule has 0 saturated carbocycles. The number of aliphatic imine (C=N–C) groups is 2. The molecule has 0 N–H and O–H groups in total. The zero-order valence-electron chi connectivity index (χ0n) is 29.8. The van der Waals surface area contributed by atoms with Gasteiger partial charge in [0.1, 0.15) is 0 Å². The molecular weight excluding hydrogens is 591 g/mol. The van der Waals surface area contributed by atoms with Gasteiger partial charge in [0.25, 0.3) is 0 Å². The van der Waals surface area contributed by atoms with Gasteiger partial charge in [0.05, 0.1) is 22.8 Å². The van der Waals surface area contributed by atoms with E-state index in [0.29, 0.717) is 0 Å². The fourth-order valence-corrected chi connectivity index (χ4v) is 6.02. The first-order valence-electron chi connectivity index (χ1n) is 19.0. The molecule has 3 heteroatoms. The summed E-state index contributed by atoms with van der Waals surface area (Å²) in [5.41, 5.74) is 7.43. The van der Waals surface area contributed by atoms with Gasteiger partial charge < -0.3 is 0 Å². The van der Waals surface area contributed by atoms with E-state index in [1.54, 1.807) is 0 Å². The summed E-state index contributed by atoms with van der Waals surface area (Å²) in [5.74, 6) is 0. The molecular formula is C42H68N2Ni. The smallest absolute Gasteiger partial charge is 0.0636 e. The van der Waals surface area contributed by atoms with E-state index in [4.69, 9.17) is 9.98 Å². The van der Waals surface area contributed by atoms with E-state index in [0.717, 1.165) is 49.9 Å². The quantitative estimate of drug-likeness (QED) is 0.0518. The van der Waals surface area contributed by atoms with Gasteiger partial charge in [0.2, 0.25) is 0 Å². The van der Waals surface area contributed by atoms with Crippen molar-refractivity contribution in [2.45, 2.75) is 182 Å². The van der Waals surface area contributed by atoms with Crippen molar-refractivity contribution in [1.29, 1.82) is 0 Å². The van der Waals surface area contributed by atoms with Crippen molar-refractivity contribution < 1.29 is 16.5 Å². The predicted octanol–water partition coefficient (Wildman–Crippen LogP) is 14.3. The van der Waals surface area contributed by atoms with Crippen molar-refractivity contribution in [3.8, 4) is 0 Å². The third-order valence-electron chi connectivity index (χ3n) is 8.85. The number of aryl methyl sites for hydroxylation is 2. The molecule has 0 aliphatic heterocycles.